The van der Waals surface area contributed by atoms with Gasteiger partial charge in [-0.1, -0.05) is 24.3 Å². The average molecular weight is 456 g/mol. The van der Waals surface area contributed by atoms with Crippen molar-refractivity contribution in [3.05, 3.63) is 66.2 Å². The molecule has 1 saturated heterocycles. The molecule has 3 aromatic rings. The van der Waals surface area contributed by atoms with Gasteiger partial charge in [0.05, 0.1) is 24.1 Å². The predicted molar refractivity (Wildman–Crippen MR) is 119 cm³/mol. The van der Waals surface area contributed by atoms with Gasteiger partial charge in [0, 0.05) is 24.6 Å². The molecule has 1 aromatic heterocycles. The minimum absolute atomic E-state index is 0.213. The lowest BCUT2D eigenvalue weighted by Gasteiger charge is -2.32. The van der Waals surface area contributed by atoms with Gasteiger partial charge >= 0.3 is 6.18 Å². The zero-order valence-electron chi connectivity index (χ0n) is 18.0. The molecule has 4 rings (SSSR count). The Morgan fingerprint density at radius 1 is 1.00 bits per heavy atom. The number of hydrogen-bond donors (Lipinski definition) is 1. The fraction of sp³-hybridized carbons (Fsp3) is 0.292. The number of aromatic nitrogens is 2. The molecule has 172 valence electrons. The molecule has 1 amide bonds. The van der Waals surface area contributed by atoms with E-state index in [0.29, 0.717) is 43.2 Å². The number of alkyl halides is 3. The van der Waals surface area contributed by atoms with Crippen LogP contribution in [0.1, 0.15) is 18.4 Å². The maximum atomic E-state index is 13.2. The Morgan fingerprint density at radius 2 is 1.70 bits per heavy atom. The highest BCUT2D eigenvalue weighted by Crippen LogP contribution is 2.35. The summed E-state index contributed by atoms with van der Waals surface area (Å²) >= 11 is 0. The van der Waals surface area contributed by atoms with Crippen LogP contribution >= 0.6 is 0 Å². The number of anilines is 2. The van der Waals surface area contributed by atoms with Gasteiger partial charge in [-0.25, -0.2) is 0 Å². The third-order valence-electron chi connectivity index (χ3n) is 5.71. The molecule has 6 nitrogen and oxygen atoms in total. The number of hydrogen-bond acceptors (Lipinski definition) is 5. The van der Waals surface area contributed by atoms with Crippen molar-refractivity contribution in [2.45, 2.75) is 19.0 Å². The van der Waals surface area contributed by atoms with Crippen LogP contribution in [-0.4, -0.2) is 36.3 Å². The van der Waals surface area contributed by atoms with Gasteiger partial charge in [0.1, 0.15) is 5.75 Å². The maximum Gasteiger partial charge on any atom is 0.418 e. The smallest absolute Gasteiger partial charge is 0.418 e. The third-order valence-corrected chi connectivity index (χ3v) is 5.71. The Morgan fingerprint density at radius 3 is 2.36 bits per heavy atom. The normalized spacial score (nSPS) is 14.7. The number of para-hydroxylation sites is 2. The Bertz CT molecular complexity index is 1110. The van der Waals surface area contributed by atoms with Crippen molar-refractivity contribution in [3.8, 4) is 17.0 Å². The van der Waals surface area contributed by atoms with Crippen molar-refractivity contribution < 1.29 is 22.7 Å². The maximum absolute atomic E-state index is 13.2. The number of nitrogens with zero attached hydrogens (tertiary/aromatic N) is 3. The number of piperidine rings is 1. The van der Waals surface area contributed by atoms with Crippen LogP contribution in [0.2, 0.25) is 0 Å². The summed E-state index contributed by atoms with van der Waals surface area (Å²) in [5.74, 6) is 0.626. The monoisotopic (exact) mass is 456 g/mol. The van der Waals surface area contributed by atoms with Crippen molar-refractivity contribution >= 4 is 17.4 Å². The summed E-state index contributed by atoms with van der Waals surface area (Å²) in [5.41, 5.74) is 0.471. The SMILES string of the molecule is COc1ccccc1-c1ccc(N2CCC(C(=O)Nc3ccccc3C(F)(F)F)CC2)nn1. The predicted octanol–water partition coefficient (Wildman–Crippen LogP) is 5.03. The second-order valence-electron chi connectivity index (χ2n) is 7.77. The quantitative estimate of drug-likeness (QED) is 0.584. The van der Waals surface area contributed by atoms with Crippen LogP contribution < -0.4 is 15.0 Å². The highest BCUT2D eigenvalue weighted by molar-refractivity contribution is 5.93. The molecule has 0 unspecified atom stereocenters. The standard InChI is InChI=1S/C24H23F3N4O2/c1-33-21-9-5-2-6-17(21)19-10-11-22(30-29-19)31-14-12-16(13-15-31)23(32)28-20-8-4-3-7-18(20)24(25,26)27/h2-11,16H,12-15H2,1H3,(H,28,32). The van der Waals surface area contributed by atoms with E-state index in [9.17, 15) is 18.0 Å². The highest BCUT2D eigenvalue weighted by Gasteiger charge is 2.34. The van der Waals surface area contributed by atoms with E-state index in [0.717, 1.165) is 11.6 Å². The minimum atomic E-state index is -4.53. The van der Waals surface area contributed by atoms with Crippen molar-refractivity contribution in [3.63, 3.8) is 0 Å². The summed E-state index contributed by atoms with van der Waals surface area (Å²) in [4.78, 5) is 14.6. The number of carbonyl (C=O) groups is 1. The molecule has 0 atom stereocenters. The van der Waals surface area contributed by atoms with Gasteiger partial charge in [-0.15, -0.1) is 10.2 Å². The van der Waals surface area contributed by atoms with E-state index in [-0.39, 0.29) is 11.6 Å². The van der Waals surface area contributed by atoms with Crippen LogP contribution in [0.5, 0.6) is 5.75 Å². The zero-order chi connectivity index (χ0) is 23.4. The van der Waals surface area contributed by atoms with Crippen molar-refractivity contribution in [2.24, 2.45) is 5.92 Å². The first-order valence-corrected chi connectivity index (χ1v) is 10.6. The zero-order valence-corrected chi connectivity index (χ0v) is 18.0. The summed E-state index contributed by atoms with van der Waals surface area (Å²) < 4.78 is 44.9. The largest absolute Gasteiger partial charge is 0.496 e. The molecule has 0 bridgehead atoms. The molecule has 0 saturated carbocycles. The number of nitrogens with one attached hydrogen (secondary N) is 1. The van der Waals surface area contributed by atoms with Gasteiger partial charge in [-0.3, -0.25) is 4.79 Å². The summed E-state index contributed by atoms with van der Waals surface area (Å²) in [6.45, 7) is 1.11. The Balaban J connectivity index is 1.38. The van der Waals surface area contributed by atoms with Gasteiger partial charge in [0.15, 0.2) is 5.82 Å². The number of benzene rings is 2. The van der Waals surface area contributed by atoms with Crippen LogP contribution in [0.3, 0.4) is 0 Å². The number of amides is 1. The van der Waals surface area contributed by atoms with Gasteiger partial charge < -0.3 is 15.0 Å². The van der Waals surface area contributed by atoms with Crippen LogP contribution in [0.4, 0.5) is 24.7 Å². The Hall–Kier alpha value is -3.62. The minimum Gasteiger partial charge on any atom is -0.496 e. The Kier molecular flexibility index (Phi) is 6.48. The molecule has 9 heteroatoms. The summed E-state index contributed by atoms with van der Waals surface area (Å²) in [6, 6.07) is 16.3. The van der Waals surface area contributed by atoms with Crippen molar-refractivity contribution in [1.29, 1.82) is 0 Å². The van der Waals surface area contributed by atoms with Crippen LogP contribution in [-0.2, 0) is 11.0 Å². The fourth-order valence-electron chi connectivity index (χ4n) is 3.94. The van der Waals surface area contributed by atoms with E-state index in [1.54, 1.807) is 7.11 Å². The van der Waals surface area contributed by atoms with Crippen molar-refractivity contribution in [1.82, 2.24) is 10.2 Å². The van der Waals surface area contributed by atoms with Crippen LogP contribution in [0.15, 0.2) is 60.7 Å². The molecule has 1 fully saturated rings. The molecular formula is C24H23F3N4O2. The van der Waals surface area contributed by atoms with E-state index in [2.05, 4.69) is 15.5 Å². The first-order valence-electron chi connectivity index (χ1n) is 10.6. The summed E-state index contributed by atoms with van der Waals surface area (Å²) in [7, 11) is 1.60. The second kappa shape index (κ2) is 9.48. The summed E-state index contributed by atoms with van der Waals surface area (Å²) in [6.07, 6.45) is -3.51. The molecule has 1 aliphatic heterocycles. The number of ether oxygens (including phenoxy) is 1. The van der Waals surface area contributed by atoms with E-state index in [1.807, 2.05) is 41.3 Å². The average Bonchev–Trinajstić information content (AvgIpc) is 2.84. The molecule has 0 radical (unpaired) electrons. The van der Waals surface area contributed by atoms with Gasteiger partial charge in [0.25, 0.3) is 0 Å². The lowest BCUT2D eigenvalue weighted by molar-refractivity contribution is -0.137. The van der Waals surface area contributed by atoms with Crippen molar-refractivity contribution in [2.75, 3.05) is 30.4 Å². The molecular weight excluding hydrogens is 433 g/mol. The number of carbonyl (C=O) groups excluding carboxylic acids is 1. The van der Waals surface area contributed by atoms with Crippen LogP contribution in [0, 0.1) is 5.92 Å². The van der Waals surface area contributed by atoms with Crippen LogP contribution in [0.25, 0.3) is 11.3 Å². The third kappa shape index (κ3) is 5.08. The second-order valence-corrected chi connectivity index (χ2v) is 7.77. The number of rotatable bonds is 5. The molecule has 0 spiro atoms. The molecule has 2 aromatic carbocycles. The fourth-order valence-corrected chi connectivity index (χ4v) is 3.94. The lowest BCUT2D eigenvalue weighted by atomic mass is 9.95. The molecule has 1 N–H and O–H groups in total. The van der Waals surface area contributed by atoms with Gasteiger partial charge in [0.2, 0.25) is 5.91 Å². The molecule has 1 aliphatic rings. The number of halogens is 3. The molecule has 0 aliphatic carbocycles. The van der Waals surface area contributed by atoms with E-state index in [4.69, 9.17) is 4.74 Å². The Labute approximate surface area is 189 Å². The summed E-state index contributed by atoms with van der Waals surface area (Å²) in [5, 5.41) is 11.1. The lowest BCUT2D eigenvalue weighted by Crippen LogP contribution is -2.38. The first-order chi connectivity index (χ1) is 15.9. The molecule has 33 heavy (non-hydrogen) atoms. The number of methoxy groups -OCH3 is 1. The first kappa shape index (κ1) is 22.6. The van der Waals surface area contributed by atoms with E-state index < -0.39 is 17.6 Å². The van der Waals surface area contributed by atoms with E-state index >= 15 is 0 Å². The van der Waals surface area contributed by atoms with E-state index in [1.165, 1.54) is 18.2 Å². The topological polar surface area (TPSA) is 67.3 Å². The van der Waals surface area contributed by atoms with Gasteiger partial charge in [-0.2, -0.15) is 13.2 Å². The van der Waals surface area contributed by atoms with Gasteiger partial charge in [-0.05, 0) is 49.2 Å². The highest BCUT2D eigenvalue weighted by atomic mass is 19.4. The molecule has 2 heterocycles.